The molecule has 5 nitrogen and oxygen atoms in total. The SMILES string of the molecule is [2H]C([2H])([2H])NCc1cc(-c2ccc(F)cc2)n(S(=O)(=O)c2ccc(OC)cc2)c1. The molecule has 136 valence electrons. The van der Waals surface area contributed by atoms with Gasteiger partial charge in [-0.1, -0.05) is 0 Å². The van der Waals surface area contributed by atoms with Crippen molar-refractivity contribution in [2.45, 2.75) is 11.4 Å². The molecule has 7 heteroatoms. The monoisotopic (exact) mass is 377 g/mol. The Bertz CT molecular complexity index is 1090. The zero-order chi connectivity index (χ0) is 21.2. The van der Waals surface area contributed by atoms with Crippen LogP contribution in [0.1, 0.15) is 9.68 Å². The van der Waals surface area contributed by atoms with E-state index in [0.29, 0.717) is 22.6 Å². The normalized spacial score (nSPS) is 13.7. The fourth-order valence-electron chi connectivity index (χ4n) is 2.59. The zero-order valence-corrected chi connectivity index (χ0v) is 14.8. The summed E-state index contributed by atoms with van der Waals surface area (Å²) >= 11 is 0. The number of hydrogen-bond donors (Lipinski definition) is 1. The lowest BCUT2D eigenvalue weighted by atomic mass is 10.1. The quantitative estimate of drug-likeness (QED) is 0.716. The predicted octanol–water partition coefficient (Wildman–Crippen LogP) is 3.26. The minimum atomic E-state index is -3.99. The molecular formula is C19H19FN2O3S. The maximum Gasteiger partial charge on any atom is 0.268 e. The maximum atomic E-state index is 13.3. The summed E-state index contributed by atoms with van der Waals surface area (Å²) in [6.45, 7) is -2.43. The third-order valence-electron chi connectivity index (χ3n) is 3.89. The molecule has 0 atom stereocenters. The van der Waals surface area contributed by atoms with E-state index in [2.05, 4.69) is 5.32 Å². The second-order valence-electron chi connectivity index (χ2n) is 5.57. The number of halogens is 1. The first-order valence-electron chi connectivity index (χ1n) is 9.22. The molecule has 0 fully saturated rings. The van der Waals surface area contributed by atoms with Crippen molar-refractivity contribution in [1.29, 1.82) is 0 Å². The van der Waals surface area contributed by atoms with E-state index in [0.717, 1.165) is 3.97 Å². The fraction of sp³-hybridized carbons (Fsp3) is 0.158. The van der Waals surface area contributed by atoms with Crippen molar-refractivity contribution < 1.29 is 21.7 Å². The van der Waals surface area contributed by atoms with Gasteiger partial charge in [-0.05, 0) is 72.7 Å². The zero-order valence-electron chi connectivity index (χ0n) is 16.9. The third kappa shape index (κ3) is 3.49. The van der Waals surface area contributed by atoms with Crippen LogP contribution in [-0.4, -0.2) is 26.5 Å². The minimum absolute atomic E-state index is 0.0348. The van der Waals surface area contributed by atoms with Crippen molar-refractivity contribution in [2.24, 2.45) is 0 Å². The van der Waals surface area contributed by atoms with Crippen LogP contribution in [0.3, 0.4) is 0 Å². The lowest BCUT2D eigenvalue weighted by Gasteiger charge is -2.11. The van der Waals surface area contributed by atoms with Crippen LogP contribution in [0, 0.1) is 5.82 Å². The van der Waals surface area contributed by atoms with Crippen molar-refractivity contribution >= 4 is 10.0 Å². The molecule has 3 rings (SSSR count). The number of nitrogens with zero attached hydrogens (tertiary/aromatic N) is 1. The van der Waals surface area contributed by atoms with Gasteiger partial charge >= 0.3 is 0 Å². The Hall–Kier alpha value is -2.64. The summed E-state index contributed by atoms with van der Waals surface area (Å²) in [5, 5.41) is 2.36. The topological polar surface area (TPSA) is 60.3 Å². The molecule has 0 radical (unpaired) electrons. The van der Waals surface area contributed by atoms with Crippen LogP contribution in [0.5, 0.6) is 5.75 Å². The van der Waals surface area contributed by atoms with Gasteiger partial charge < -0.3 is 10.1 Å². The molecule has 0 saturated carbocycles. The first-order chi connectivity index (χ1) is 13.6. The summed E-state index contributed by atoms with van der Waals surface area (Å²) < 4.78 is 67.7. The molecule has 0 spiro atoms. The third-order valence-corrected chi connectivity index (χ3v) is 5.58. The van der Waals surface area contributed by atoms with Crippen LogP contribution in [-0.2, 0) is 16.6 Å². The molecule has 26 heavy (non-hydrogen) atoms. The predicted molar refractivity (Wildman–Crippen MR) is 98.2 cm³/mol. The molecule has 1 aromatic heterocycles. The molecule has 0 aliphatic carbocycles. The maximum absolute atomic E-state index is 13.3. The molecule has 2 aromatic carbocycles. The van der Waals surface area contributed by atoms with Crippen LogP contribution in [0.15, 0.2) is 65.7 Å². The van der Waals surface area contributed by atoms with Crippen LogP contribution in [0.2, 0.25) is 0 Å². The molecule has 0 amide bonds. The Morgan fingerprint density at radius 3 is 2.46 bits per heavy atom. The Balaban J connectivity index is 2.09. The molecular weight excluding hydrogens is 355 g/mol. The Morgan fingerprint density at radius 1 is 1.15 bits per heavy atom. The highest BCUT2D eigenvalue weighted by molar-refractivity contribution is 7.90. The smallest absolute Gasteiger partial charge is 0.268 e. The largest absolute Gasteiger partial charge is 0.497 e. The Labute approximate surface area is 156 Å². The average Bonchev–Trinajstić information content (AvgIpc) is 3.12. The summed E-state index contributed by atoms with van der Waals surface area (Å²) in [6.07, 6.45) is 1.36. The Morgan fingerprint density at radius 2 is 1.85 bits per heavy atom. The van der Waals surface area contributed by atoms with Crippen LogP contribution in [0.4, 0.5) is 4.39 Å². The van der Waals surface area contributed by atoms with Crippen LogP contribution < -0.4 is 10.1 Å². The van der Waals surface area contributed by atoms with Crippen molar-refractivity contribution in [3.05, 3.63) is 72.2 Å². The molecule has 3 aromatic rings. The van der Waals surface area contributed by atoms with E-state index >= 15 is 0 Å². The molecule has 0 aliphatic heterocycles. The highest BCUT2D eigenvalue weighted by atomic mass is 32.2. The number of methoxy groups -OCH3 is 1. The summed E-state index contributed by atoms with van der Waals surface area (Å²) in [4.78, 5) is 0.0348. The second-order valence-corrected chi connectivity index (χ2v) is 7.39. The minimum Gasteiger partial charge on any atom is -0.497 e. The van der Waals surface area contributed by atoms with E-state index in [1.54, 1.807) is 6.07 Å². The fourth-order valence-corrected chi connectivity index (χ4v) is 3.99. The van der Waals surface area contributed by atoms with Gasteiger partial charge in [0.15, 0.2) is 0 Å². The molecule has 0 unspecified atom stereocenters. The lowest BCUT2D eigenvalue weighted by Crippen LogP contribution is -2.13. The number of nitrogens with one attached hydrogen (secondary N) is 1. The van der Waals surface area contributed by atoms with Crippen molar-refractivity contribution in [2.75, 3.05) is 14.1 Å². The Kier molecular flexibility index (Phi) is 4.08. The van der Waals surface area contributed by atoms with Gasteiger partial charge in [-0.3, -0.25) is 0 Å². The molecule has 0 bridgehead atoms. The van der Waals surface area contributed by atoms with Crippen molar-refractivity contribution in [1.82, 2.24) is 9.29 Å². The number of rotatable bonds is 6. The molecule has 0 saturated heterocycles. The molecule has 1 heterocycles. The molecule has 0 aliphatic rings. The van der Waals surface area contributed by atoms with E-state index in [1.807, 2.05) is 0 Å². The van der Waals surface area contributed by atoms with Gasteiger partial charge in [0.1, 0.15) is 11.6 Å². The molecule has 1 N–H and O–H groups in total. The van der Waals surface area contributed by atoms with E-state index in [1.165, 1.54) is 61.8 Å². The standard InChI is InChI=1S/C19H19FN2O3S/c1-21-12-14-11-19(15-3-5-16(20)6-4-15)22(13-14)26(23,24)18-9-7-17(25-2)8-10-18/h3-11,13,21H,12H2,1-2H3/i1D3. The van der Waals surface area contributed by atoms with Gasteiger partial charge in [-0.15, -0.1) is 0 Å². The van der Waals surface area contributed by atoms with Crippen LogP contribution in [0.25, 0.3) is 11.3 Å². The highest BCUT2D eigenvalue weighted by Crippen LogP contribution is 2.28. The van der Waals surface area contributed by atoms with E-state index in [4.69, 9.17) is 8.85 Å². The van der Waals surface area contributed by atoms with Gasteiger partial charge in [0, 0.05) is 16.9 Å². The first-order valence-corrected chi connectivity index (χ1v) is 9.16. The first kappa shape index (κ1) is 14.5. The van der Waals surface area contributed by atoms with Gasteiger partial charge in [0.2, 0.25) is 0 Å². The van der Waals surface area contributed by atoms with Crippen molar-refractivity contribution in [3.8, 4) is 17.0 Å². The van der Waals surface area contributed by atoms with Gasteiger partial charge in [-0.25, -0.2) is 16.8 Å². The number of benzene rings is 2. The summed E-state index contributed by atoms with van der Waals surface area (Å²) in [7, 11) is -2.51. The van der Waals surface area contributed by atoms with Crippen LogP contribution >= 0.6 is 0 Å². The second kappa shape index (κ2) is 7.31. The average molecular weight is 377 g/mol. The summed E-state index contributed by atoms with van der Waals surface area (Å²) in [5.41, 5.74) is 1.23. The highest BCUT2D eigenvalue weighted by Gasteiger charge is 2.22. The number of aromatic nitrogens is 1. The number of ether oxygens (including phenoxy) is 1. The number of hydrogen-bond acceptors (Lipinski definition) is 4. The van der Waals surface area contributed by atoms with E-state index < -0.39 is 22.8 Å². The van der Waals surface area contributed by atoms with E-state index in [9.17, 15) is 12.8 Å². The summed E-state index contributed by atoms with van der Waals surface area (Å²) in [6, 6.07) is 12.9. The van der Waals surface area contributed by atoms with Crippen molar-refractivity contribution in [3.63, 3.8) is 0 Å². The van der Waals surface area contributed by atoms with Gasteiger partial charge in [-0.2, -0.15) is 0 Å². The van der Waals surface area contributed by atoms with E-state index in [-0.39, 0.29) is 11.4 Å². The van der Waals surface area contributed by atoms with Gasteiger partial charge in [0.05, 0.1) is 17.7 Å². The lowest BCUT2D eigenvalue weighted by molar-refractivity contribution is 0.414. The summed E-state index contributed by atoms with van der Waals surface area (Å²) in [5.74, 6) is 0.0620. The van der Waals surface area contributed by atoms with Gasteiger partial charge in [0.25, 0.3) is 10.0 Å².